The Labute approximate surface area is 179 Å². The maximum absolute atomic E-state index is 13.1. The predicted octanol–water partition coefficient (Wildman–Crippen LogP) is 1.99. The van der Waals surface area contributed by atoms with E-state index in [2.05, 4.69) is 22.6 Å². The Morgan fingerprint density at radius 1 is 1.19 bits per heavy atom. The Kier molecular flexibility index (Phi) is 5.00. The van der Waals surface area contributed by atoms with Crippen molar-refractivity contribution in [2.45, 2.75) is 45.2 Å². The predicted molar refractivity (Wildman–Crippen MR) is 112 cm³/mol. The maximum Gasteiger partial charge on any atom is 0.263 e. The molecule has 2 bridgehead atoms. The van der Waals surface area contributed by atoms with Crippen LogP contribution < -0.4 is 10.9 Å². The van der Waals surface area contributed by atoms with Crippen molar-refractivity contribution in [2.24, 2.45) is 11.8 Å². The average molecular weight is 422 g/mol. The fourth-order valence-corrected chi connectivity index (χ4v) is 5.14. The largest absolute Gasteiger partial charge is 0.359 e. The summed E-state index contributed by atoms with van der Waals surface area (Å²) in [5.41, 5.74) is 1.52. The zero-order valence-electron chi connectivity index (χ0n) is 17.5. The number of pyridine rings is 1. The fraction of sp³-hybridized carbons (Fsp3) is 0.478. The summed E-state index contributed by atoms with van der Waals surface area (Å²) in [5.74, 6) is 0.788. The van der Waals surface area contributed by atoms with Crippen molar-refractivity contribution in [3.63, 3.8) is 0 Å². The summed E-state index contributed by atoms with van der Waals surface area (Å²) < 4.78 is 6.84. The summed E-state index contributed by atoms with van der Waals surface area (Å²) in [6.45, 7) is 3.85. The highest BCUT2D eigenvalue weighted by Gasteiger charge is 2.38. The normalized spacial score (nSPS) is 22.4. The Morgan fingerprint density at radius 3 is 2.74 bits per heavy atom. The molecule has 8 heteroatoms. The van der Waals surface area contributed by atoms with Crippen LogP contribution in [0.15, 0.2) is 39.7 Å². The standard InChI is InChI=1S/C23H26N4O4/c1-14-8-18(31-25-14)10-24-21(28)19-6-7-20-17-9-15(12-27(20)23(19)30)11-26(13-17)22(29)16-4-2-3-5-16/h2-3,6-8,15-17H,4-5,9-13H2,1H3,(H,24,28)/t15-,17+/m0/s1. The quantitative estimate of drug-likeness (QED) is 0.760. The highest BCUT2D eigenvalue weighted by Crippen LogP contribution is 2.36. The molecule has 0 saturated carbocycles. The van der Waals surface area contributed by atoms with Crippen LogP contribution in [0.4, 0.5) is 0 Å². The Morgan fingerprint density at radius 2 is 2.00 bits per heavy atom. The van der Waals surface area contributed by atoms with Crippen molar-refractivity contribution in [2.75, 3.05) is 13.1 Å². The van der Waals surface area contributed by atoms with Crippen LogP contribution in [-0.2, 0) is 17.9 Å². The van der Waals surface area contributed by atoms with Crippen LogP contribution in [0, 0.1) is 18.8 Å². The van der Waals surface area contributed by atoms with E-state index in [1.165, 1.54) is 0 Å². The van der Waals surface area contributed by atoms with Crippen LogP contribution in [0.1, 0.15) is 52.7 Å². The van der Waals surface area contributed by atoms with Gasteiger partial charge in [0.1, 0.15) is 5.56 Å². The average Bonchev–Trinajstić information content (AvgIpc) is 3.44. The molecule has 0 radical (unpaired) electrons. The van der Waals surface area contributed by atoms with Gasteiger partial charge in [-0.15, -0.1) is 0 Å². The molecule has 0 aromatic carbocycles. The summed E-state index contributed by atoms with van der Waals surface area (Å²) >= 11 is 0. The molecular formula is C23H26N4O4. The number of aryl methyl sites for hydroxylation is 1. The van der Waals surface area contributed by atoms with Crippen LogP contribution in [-0.4, -0.2) is 39.5 Å². The first-order chi connectivity index (χ1) is 15.0. The number of allylic oxidation sites excluding steroid dienone is 2. The van der Waals surface area contributed by atoms with Gasteiger partial charge in [-0.2, -0.15) is 0 Å². The first-order valence-corrected chi connectivity index (χ1v) is 10.9. The van der Waals surface area contributed by atoms with Crippen LogP contribution in [0.25, 0.3) is 0 Å². The second-order valence-electron chi connectivity index (χ2n) is 8.89. The molecule has 5 rings (SSSR count). The van der Waals surface area contributed by atoms with Crippen LogP contribution in [0.5, 0.6) is 0 Å². The van der Waals surface area contributed by atoms with Crippen molar-refractivity contribution in [3.05, 3.63) is 63.4 Å². The van der Waals surface area contributed by atoms with E-state index >= 15 is 0 Å². The van der Waals surface area contributed by atoms with E-state index in [9.17, 15) is 14.4 Å². The number of piperidine rings is 1. The number of rotatable bonds is 4. The third-order valence-electron chi connectivity index (χ3n) is 6.62. The molecule has 2 aromatic heterocycles. The number of amides is 2. The number of carbonyl (C=O) groups is 2. The number of likely N-dealkylation sites (tertiary alicyclic amines) is 1. The smallest absolute Gasteiger partial charge is 0.263 e. The molecule has 2 aliphatic heterocycles. The lowest BCUT2D eigenvalue weighted by Crippen LogP contribution is -2.51. The molecule has 1 saturated heterocycles. The summed E-state index contributed by atoms with van der Waals surface area (Å²) in [7, 11) is 0. The molecule has 2 atom stereocenters. The summed E-state index contributed by atoms with van der Waals surface area (Å²) in [6, 6.07) is 5.23. The van der Waals surface area contributed by atoms with Crippen LogP contribution in [0.2, 0.25) is 0 Å². The van der Waals surface area contributed by atoms with Gasteiger partial charge in [0.2, 0.25) is 5.91 Å². The molecule has 1 aliphatic carbocycles. The van der Waals surface area contributed by atoms with E-state index in [0.717, 1.165) is 30.7 Å². The number of hydrogen-bond acceptors (Lipinski definition) is 5. The summed E-state index contributed by atoms with van der Waals surface area (Å²) in [6.07, 6.45) is 6.79. The number of nitrogens with zero attached hydrogens (tertiary/aromatic N) is 3. The second-order valence-corrected chi connectivity index (χ2v) is 8.89. The SMILES string of the molecule is Cc1cc(CNC(=O)c2ccc3n(c2=O)C[C@H]2C[C@@H]3CN(C(=O)C3CC=CC3)C2)on1. The van der Waals surface area contributed by atoms with E-state index in [1.807, 2.05) is 11.0 Å². The zero-order chi connectivity index (χ0) is 21.5. The minimum absolute atomic E-state index is 0.0697. The van der Waals surface area contributed by atoms with Gasteiger partial charge in [-0.1, -0.05) is 17.3 Å². The molecule has 3 aliphatic rings. The van der Waals surface area contributed by atoms with Crippen LogP contribution >= 0.6 is 0 Å². The first kappa shape index (κ1) is 19.8. The van der Waals surface area contributed by atoms with Gasteiger partial charge in [-0.25, -0.2) is 0 Å². The van der Waals surface area contributed by atoms with E-state index in [4.69, 9.17) is 4.52 Å². The molecule has 0 unspecified atom stereocenters. The highest BCUT2D eigenvalue weighted by molar-refractivity contribution is 5.93. The van der Waals surface area contributed by atoms with Crippen molar-refractivity contribution in [1.82, 2.24) is 19.9 Å². The minimum atomic E-state index is -0.421. The monoisotopic (exact) mass is 422 g/mol. The Hall–Kier alpha value is -3.16. The van der Waals surface area contributed by atoms with Crippen LogP contribution in [0.3, 0.4) is 0 Å². The van der Waals surface area contributed by atoms with Gasteiger partial charge in [0.25, 0.3) is 11.5 Å². The second kappa shape index (κ2) is 7.83. The number of fused-ring (bicyclic) bond motifs is 4. The zero-order valence-corrected chi connectivity index (χ0v) is 17.5. The Balaban J connectivity index is 1.32. The van der Waals surface area contributed by atoms with Gasteiger partial charge in [0.15, 0.2) is 5.76 Å². The Bertz CT molecular complexity index is 1110. The molecule has 8 nitrogen and oxygen atoms in total. The first-order valence-electron chi connectivity index (χ1n) is 10.9. The number of hydrogen-bond donors (Lipinski definition) is 1. The number of aromatic nitrogens is 2. The highest BCUT2D eigenvalue weighted by atomic mass is 16.5. The fourth-order valence-electron chi connectivity index (χ4n) is 5.14. The molecule has 1 N–H and O–H groups in total. The van der Waals surface area contributed by atoms with Crippen molar-refractivity contribution >= 4 is 11.8 Å². The van der Waals surface area contributed by atoms with Gasteiger partial charge in [0, 0.05) is 43.2 Å². The lowest BCUT2D eigenvalue weighted by Gasteiger charge is -2.43. The van der Waals surface area contributed by atoms with Crippen molar-refractivity contribution < 1.29 is 14.1 Å². The molecule has 0 spiro atoms. The third kappa shape index (κ3) is 3.71. The maximum atomic E-state index is 13.1. The van der Waals surface area contributed by atoms with Gasteiger partial charge in [0.05, 0.1) is 12.2 Å². The molecule has 2 amide bonds. The molecule has 2 aromatic rings. The number of carbonyl (C=O) groups excluding carboxylic acids is 2. The van der Waals surface area contributed by atoms with E-state index in [-0.39, 0.29) is 41.3 Å². The van der Waals surface area contributed by atoms with E-state index < -0.39 is 5.91 Å². The summed E-state index contributed by atoms with van der Waals surface area (Å²) in [5, 5.41) is 6.53. The summed E-state index contributed by atoms with van der Waals surface area (Å²) in [4.78, 5) is 40.6. The topological polar surface area (TPSA) is 97.4 Å². The number of nitrogens with one attached hydrogen (secondary N) is 1. The lowest BCUT2D eigenvalue weighted by molar-refractivity contribution is -0.138. The molecule has 162 valence electrons. The van der Waals surface area contributed by atoms with Crippen molar-refractivity contribution in [3.8, 4) is 0 Å². The van der Waals surface area contributed by atoms with Gasteiger partial charge in [-0.05, 0) is 44.2 Å². The van der Waals surface area contributed by atoms with E-state index in [0.29, 0.717) is 25.4 Å². The lowest BCUT2D eigenvalue weighted by atomic mass is 9.82. The minimum Gasteiger partial charge on any atom is -0.359 e. The molecule has 1 fully saturated rings. The molecule has 4 heterocycles. The van der Waals surface area contributed by atoms with Gasteiger partial charge >= 0.3 is 0 Å². The van der Waals surface area contributed by atoms with E-state index in [1.54, 1.807) is 23.6 Å². The van der Waals surface area contributed by atoms with Gasteiger partial charge in [-0.3, -0.25) is 14.4 Å². The van der Waals surface area contributed by atoms with Gasteiger partial charge < -0.3 is 19.3 Å². The third-order valence-corrected chi connectivity index (χ3v) is 6.62. The molecular weight excluding hydrogens is 396 g/mol. The van der Waals surface area contributed by atoms with Crippen molar-refractivity contribution in [1.29, 1.82) is 0 Å². The molecule has 31 heavy (non-hydrogen) atoms.